The number of rotatable bonds is 4. The van der Waals surface area contributed by atoms with Crippen LogP contribution < -0.4 is 0 Å². The van der Waals surface area contributed by atoms with E-state index in [1.807, 2.05) is 0 Å². The van der Waals surface area contributed by atoms with Crippen molar-refractivity contribution in [2.45, 2.75) is 36.5 Å². The van der Waals surface area contributed by atoms with Crippen LogP contribution in [0.4, 0.5) is 0 Å². The molecule has 0 aliphatic carbocycles. The topological polar surface area (TPSA) is 27.7 Å². The van der Waals surface area contributed by atoms with Crippen LogP contribution >= 0.6 is 15.9 Å². The van der Waals surface area contributed by atoms with Crippen LogP contribution in [0.5, 0.6) is 0 Å². The molecule has 1 aliphatic rings. The van der Waals surface area contributed by atoms with E-state index in [2.05, 4.69) is 15.9 Å². The molecular formula is C9H17BrO3. The molecule has 0 aromatic carbocycles. The summed E-state index contributed by atoms with van der Waals surface area (Å²) in [5.74, 6) is 0. The smallest absolute Gasteiger partial charge is 0.171 e. The number of hydrogen-bond donors (Lipinski definition) is 0. The highest BCUT2D eigenvalue weighted by atomic mass is 79.9. The van der Waals surface area contributed by atoms with Gasteiger partial charge in [0, 0.05) is 20.8 Å². The maximum Gasteiger partial charge on any atom is 0.171 e. The largest absolute Gasteiger partial charge is 0.377 e. The van der Waals surface area contributed by atoms with Gasteiger partial charge < -0.3 is 14.2 Å². The van der Waals surface area contributed by atoms with Crippen molar-refractivity contribution in [1.29, 1.82) is 0 Å². The predicted molar refractivity (Wildman–Crippen MR) is 54.1 cm³/mol. The summed E-state index contributed by atoms with van der Waals surface area (Å²) in [7, 11) is 3.29. The zero-order valence-electron chi connectivity index (χ0n) is 8.16. The lowest BCUT2D eigenvalue weighted by Crippen LogP contribution is -2.38. The molecule has 0 bridgehead atoms. The van der Waals surface area contributed by atoms with Crippen LogP contribution in [-0.4, -0.2) is 38.0 Å². The van der Waals surface area contributed by atoms with Crippen LogP contribution in [0, 0.1) is 0 Å². The minimum Gasteiger partial charge on any atom is -0.377 e. The van der Waals surface area contributed by atoms with Gasteiger partial charge >= 0.3 is 0 Å². The molecule has 2 atom stereocenters. The molecular weight excluding hydrogens is 236 g/mol. The highest BCUT2D eigenvalue weighted by Crippen LogP contribution is 2.24. The molecule has 0 amide bonds. The Kier molecular flexibility index (Phi) is 5.24. The van der Waals surface area contributed by atoms with Gasteiger partial charge in [0.1, 0.15) is 0 Å². The first-order valence-electron chi connectivity index (χ1n) is 4.61. The number of methoxy groups -OCH3 is 2. The standard InChI is InChI=1S/C9H17BrO3/c1-11-9(12-2)8(10)7-5-3-4-6-13-7/h7-9H,3-6H2,1-2H3/t7-,8?/m1/s1. The molecule has 4 heteroatoms. The number of hydrogen-bond acceptors (Lipinski definition) is 3. The van der Waals surface area contributed by atoms with Crippen LogP contribution in [0.25, 0.3) is 0 Å². The Morgan fingerprint density at radius 2 is 2.00 bits per heavy atom. The second kappa shape index (κ2) is 5.96. The lowest BCUT2D eigenvalue weighted by atomic mass is 10.1. The van der Waals surface area contributed by atoms with Crippen molar-refractivity contribution in [3.05, 3.63) is 0 Å². The van der Waals surface area contributed by atoms with Gasteiger partial charge in [0.15, 0.2) is 6.29 Å². The monoisotopic (exact) mass is 252 g/mol. The van der Waals surface area contributed by atoms with Crippen molar-refractivity contribution in [3.63, 3.8) is 0 Å². The van der Waals surface area contributed by atoms with E-state index in [-0.39, 0.29) is 17.2 Å². The van der Waals surface area contributed by atoms with Gasteiger partial charge in [-0.1, -0.05) is 15.9 Å². The molecule has 1 saturated heterocycles. The second-order valence-electron chi connectivity index (χ2n) is 3.19. The third kappa shape index (κ3) is 3.20. The van der Waals surface area contributed by atoms with Crippen LogP contribution in [0.15, 0.2) is 0 Å². The van der Waals surface area contributed by atoms with E-state index < -0.39 is 0 Å². The van der Waals surface area contributed by atoms with E-state index in [1.54, 1.807) is 14.2 Å². The average molecular weight is 253 g/mol. The molecule has 0 spiro atoms. The first-order valence-corrected chi connectivity index (χ1v) is 5.52. The maximum absolute atomic E-state index is 5.62. The molecule has 3 nitrogen and oxygen atoms in total. The summed E-state index contributed by atoms with van der Waals surface area (Å²) in [5.41, 5.74) is 0. The SMILES string of the molecule is COC(OC)C(Br)[C@H]1CCCCO1. The van der Waals surface area contributed by atoms with Gasteiger partial charge in [0.05, 0.1) is 10.9 Å². The molecule has 0 radical (unpaired) electrons. The number of ether oxygens (including phenoxy) is 3. The van der Waals surface area contributed by atoms with E-state index in [1.165, 1.54) is 12.8 Å². The highest BCUT2D eigenvalue weighted by Gasteiger charge is 2.29. The molecule has 1 aliphatic heterocycles. The Hall–Kier alpha value is 0.360. The van der Waals surface area contributed by atoms with Gasteiger partial charge in [-0.3, -0.25) is 0 Å². The minimum absolute atomic E-state index is 0.128. The molecule has 13 heavy (non-hydrogen) atoms. The normalized spacial score (nSPS) is 26.3. The van der Waals surface area contributed by atoms with E-state index in [4.69, 9.17) is 14.2 Å². The summed E-state index contributed by atoms with van der Waals surface area (Å²) >= 11 is 3.55. The Morgan fingerprint density at radius 1 is 1.31 bits per heavy atom. The lowest BCUT2D eigenvalue weighted by Gasteiger charge is -2.30. The minimum atomic E-state index is -0.219. The zero-order chi connectivity index (χ0) is 9.68. The van der Waals surface area contributed by atoms with Crippen LogP contribution in [0.3, 0.4) is 0 Å². The van der Waals surface area contributed by atoms with E-state index in [0.717, 1.165) is 13.0 Å². The van der Waals surface area contributed by atoms with Gasteiger partial charge in [0.25, 0.3) is 0 Å². The van der Waals surface area contributed by atoms with E-state index in [0.29, 0.717) is 0 Å². The quantitative estimate of drug-likeness (QED) is 0.566. The molecule has 1 fully saturated rings. The Bertz CT molecular complexity index is 133. The van der Waals surface area contributed by atoms with Crippen LogP contribution in [0.1, 0.15) is 19.3 Å². The summed E-state index contributed by atoms with van der Waals surface area (Å²) < 4.78 is 15.9. The molecule has 0 N–H and O–H groups in total. The summed E-state index contributed by atoms with van der Waals surface area (Å²) in [6.07, 6.45) is 3.48. The highest BCUT2D eigenvalue weighted by molar-refractivity contribution is 9.09. The van der Waals surface area contributed by atoms with E-state index in [9.17, 15) is 0 Å². The molecule has 0 aromatic heterocycles. The third-order valence-corrected chi connectivity index (χ3v) is 3.32. The lowest BCUT2D eigenvalue weighted by molar-refractivity contribution is -0.127. The molecule has 78 valence electrons. The third-order valence-electron chi connectivity index (χ3n) is 2.29. The molecule has 0 aromatic rings. The van der Waals surface area contributed by atoms with Crippen molar-refractivity contribution in [2.24, 2.45) is 0 Å². The van der Waals surface area contributed by atoms with Crippen molar-refractivity contribution in [1.82, 2.24) is 0 Å². The van der Waals surface area contributed by atoms with Crippen molar-refractivity contribution < 1.29 is 14.2 Å². The molecule has 1 unspecified atom stereocenters. The fourth-order valence-corrected chi connectivity index (χ4v) is 2.40. The second-order valence-corrected chi connectivity index (χ2v) is 4.25. The summed E-state index contributed by atoms with van der Waals surface area (Å²) in [5, 5.41) is 0. The van der Waals surface area contributed by atoms with Crippen molar-refractivity contribution in [3.8, 4) is 0 Å². The Morgan fingerprint density at radius 3 is 2.46 bits per heavy atom. The van der Waals surface area contributed by atoms with Gasteiger partial charge in [-0.2, -0.15) is 0 Å². The zero-order valence-corrected chi connectivity index (χ0v) is 9.75. The summed E-state index contributed by atoms with van der Waals surface area (Å²) in [4.78, 5) is 0.128. The maximum atomic E-state index is 5.62. The Labute approximate surface area is 87.9 Å². The first kappa shape index (κ1) is 11.4. The van der Waals surface area contributed by atoms with Gasteiger partial charge in [0.2, 0.25) is 0 Å². The van der Waals surface area contributed by atoms with Gasteiger partial charge in [-0.25, -0.2) is 0 Å². The summed E-state index contributed by atoms with van der Waals surface area (Å²) in [6, 6.07) is 0. The van der Waals surface area contributed by atoms with Gasteiger partial charge in [-0.15, -0.1) is 0 Å². The first-order chi connectivity index (χ1) is 6.29. The average Bonchev–Trinajstić information content (AvgIpc) is 2.21. The van der Waals surface area contributed by atoms with Crippen LogP contribution in [-0.2, 0) is 14.2 Å². The fraction of sp³-hybridized carbons (Fsp3) is 1.00. The molecule has 1 heterocycles. The predicted octanol–water partition coefficient (Wildman–Crippen LogP) is 1.94. The van der Waals surface area contributed by atoms with Crippen molar-refractivity contribution >= 4 is 15.9 Å². The molecule has 0 saturated carbocycles. The number of alkyl halides is 1. The number of halogens is 1. The Balaban J connectivity index is 2.38. The van der Waals surface area contributed by atoms with E-state index >= 15 is 0 Å². The molecule has 1 rings (SSSR count). The van der Waals surface area contributed by atoms with Crippen LogP contribution in [0.2, 0.25) is 0 Å². The van der Waals surface area contributed by atoms with Crippen molar-refractivity contribution in [2.75, 3.05) is 20.8 Å². The summed E-state index contributed by atoms with van der Waals surface area (Å²) in [6.45, 7) is 0.854. The fourth-order valence-electron chi connectivity index (χ4n) is 1.55. The van der Waals surface area contributed by atoms with Gasteiger partial charge in [-0.05, 0) is 19.3 Å².